The van der Waals surface area contributed by atoms with E-state index in [1.165, 1.54) is 20.2 Å². The number of amides is 2. The number of likely N-dealkylation sites (N-methyl/N-ethyl adjacent to an activating group) is 1. The normalized spacial score (nSPS) is 14.0. The molecule has 2 N–H and O–H groups in total. The SMILES string of the molecule is CCc1sc(C(C)NC(=O)N(C)CC(C)O)cc1C. The van der Waals surface area contributed by atoms with Crippen LogP contribution in [0.25, 0.3) is 0 Å². The van der Waals surface area contributed by atoms with E-state index in [2.05, 4.69) is 25.2 Å². The summed E-state index contributed by atoms with van der Waals surface area (Å²) in [5.74, 6) is 0. The van der Waals surface area contributed by atoms with Gasteiger partial charge in [-0.2, -0.15) is 0 Å². The average molecular weight is 284 g/mol. The zero-order chi connectivity index (χ0) is 14.6. The lowest BCUT2D eigenvalue weighted by atomic mass is 10.2. The number of carbonyl (C=O) groups excluding carboxylic acids is 1. The van der Waals surface area contributed by atoms with Gasteiger partial charge in [-0.1, -0.05) is 6.92 Å². The highest BCUT2D eigenvalue weighted by atomic mass is 32.1. The topological polar surface area (TPSA) is 52.6 Å². The quantitative estimate of drug-likeness (QED) is 0.873. The van der Waals surface area contributed by atoms with E-state index in [1.54, 1.807) is 25.3 Å². The van der Waals surface area contributed by atoms with Gasteiger partial charge in [-0.15, -0.1) is 11.3 Å². The van der Waals surface area contributed by atoms with Crippen LogP contribution in [0.3, 0.4) is 0 Å². The van der Waals surface area contributed by atoms with Gasteiger partial charge < -0.3 is 15.3 Å². The number of aliphatic hydroxyl groups excluding tert-OH is 1. The van der Waals surface area contributed by atoms with E-state index in [-0.39, 0.29) is 12.1 Å². The minimum absolute atomic E-state index is 0.00653. The maximum absolute atomic E-state index is 11.9. The van der Waals surface area contributed by atoms with Crippen molar-refractivity contribution in [2.75, 3.05) is 13.6 Å². The van der Waals surface area contributed by atoms with Crippen molar-refractivity contribution in [1.29, 1.82) is 0 Å². The molecule has 0 aliphatic carbocycles. The number of nitrogens with zero attached hydrogens (tertiary/aromatic N) is 1. The Labute approximate surface area is 119 Å². The molecule has 0 saturated heterocycles. The Kier molecular flexibility index (Phi) is 5.82. The van der Waals surface area contributed by atoms with Crippen LogP contribution in [-0.2, 0) is 6.42 Å². The zero-order valence-electron chi connectivity index (χ0n) is 12.4. The van der Waals surface area contributed by atoms with Gasteiger partial charge in [-0.25, -0.2) is 4.79 Å². The second-order valence-corrected chi connectivity index (χ2v) is 6.18. The Morgan fingerprint density at radius 3 is 2.63 bits per heavy atom. The average Bonchev–Trinajstić information content (AvgIpc) is 2.69. The molecule has 1 aromatic rings. The van der Waals surface area contributed by atoms with E-state index in [0.717, 1.165) is 6.42 Å². The summed E-state index contributed by atoms with van der Waals surface area (Å²) < 4.78 is 0. The molecule has 2 amide bonds. The smallest absolute Gasteiger partial charge is 0.317 e. The molecule has 0 aliphatic heterocycles. The second-order valence-electron chi connectivity index (χ2n) is 5.01. The fourth-order valence-electron chi connectivity index (χ4n) is 1.96. The third-order valence-electron chi connectivity index (χ3n) is 3.01. The van der Waals surface area contributed by atoms with Crippen molar-refractivity contribution in [3.8, 4) is 0 Å². The Bertz CT molecular complexity index is 429. The molecule has 1 rings (SSSR count). The standard InChI is InChI=1S/C14H24N2O2S/c1-6-12-9(2)7-13(19-12)11(4)15-14(18)16(5)8-10(3)17/h7,10-11,17H,6,8H2,1-5H3,(H,15,18). The van der Waals surface area contributed by atoms with E-state index in [0.29, 0.717) is 6.54 Å². The molecule has 19 heavy (non-hydrogen) atoms. The molecule has 0 spiro atoms. The lowest BCUT2D eigenvalue weighted by Crippen LogP contribution is -2.41. The summed E-state index contributed by atoms with van der Waals surface area (Å²) in [6, 6.07) is 1.98. The van der Waals surface area contributed by atoms with Gasteiger partial charge in [-0.05, 0) is 38.8 Å². The summed E-state index contributed by atoms with van der Waals surface area (Å²) in [5.41, 5.74) is 1.29. The molecule has 1 aromatic heterocycles. The van der Waals surface area contributed by atoms with Crippen LogP contribution in [0.4, 0.5) is 4.79 Å². The Morgan fingerprint density at radius 1 is 1.53 bits per heavy atom. The van der Waals surface area contributed by atoms with Crippen LogP contribution in [0.1, 0.15) is 42.1 Å². The minimum Gasteiger partial charge on any atom is -0.392 e. The molecular formula is C14H24N2O2S. The summed E-state index contributed by atoms with van der Waals surface area (Å²) in [6.45, 7) is 8.24. The number of aryl methyl sites for hydroxylation is 2. The molecule has 0 aromatic carbocycles. The predicted octanol–water partition coefficient (Wildman–Crippen LogP) is 2.70. The van der Waals surface area contributed by atoms with Crippen molar-refractivity contribution in [3.05, 3.63) is 21.4 Å². The molecule has 108 valence electrons. The number of nitrogens with one attached hydrogen (secondary N) is 1. The first kappa shape index (κ1) is 16.0. The van der Waals surface area contributed by atoms with Crippen LogP contribution < -0.4 is 5.32 Å². The van der Waals surface area contributed by atoms with Crippen LogP contribution in [0.2, 0.25) is 0 Å². The maximum atomic E-state index is 11.9. The van der Waals surface area contributed by atoms with Crippen LogP contribution >= 0.6 is 11.3 Å². The van der Waals surface area contributed by atoms with Gasteiger partial charge in [0.1, 0.15) is 0 Å². The fraction of sp³-hybridized carbons (Fsp3) is 0.643. The highest BCUT2D eigenvalue weighted by Gasteiger charge is 2.16. The first-order chi connectivity index (χ1) is 8.85. The van der Waals surface area contributed by atoms with Crippen LogP contribution in [0.5, 0.6) is 0 Å². The minimum atomic E-state index is -0.512. The number of rotatable bonds is 5. The second kappa shape index (κ2) is 6.91. The van der Waals surface area contributed by atoms with Crippen molar-refractivity contribution in [3.63, 3.8) is 0 Å². The summed E-state index contributed by atoms with van der Waals surface area (Å²) in [6.07, 6.45) is 0.515. The number of urea groups is 1. The molecule has 4 nitrogen and oxygen atoms in total. The first-order valence-corrected chi connectivity index (χ1v) is 7.45. The monoisotopic (exact) mass is 284 g/mol. The largest absolute Gasteiger partial charge is 0.392 e. The molecule has 1 heterocycles. The predicted molar refractivity (Wildman–Crippen MR) is 79.7 cm³/mol. The summed E-state index contributed by atoms with van der Waals surface area (Å²) in [5, 5.41) is 12.2. The van der Waals surface area contributed by atoms with Crippen LogP contribution in [-0.4, -0.2) is 35.7 Å². The molecule has 0 fully saturated rings. The summed E-state index contributed by atoms with van der Waals surface area (Å²) in [7, 11) is 1.69. The van der Waals surface area contributed by atoms with Crippen molar-refractivity contribution in [2.24, 2.45) is 0 Å². The maximum Gasteiger partial charge on any atom is 0.317 e. The van der Waals surface area contributed by atoms with Crippen molar-refractivity contribution < 1.29 is 9.90 Å². The number of hydrogen-bond acceptors (Lipinski definition) is 3. The highest BCUT2D eigenvalue weighted by Crippen LogP contribution is 2.27. The molecule has 2 atom stereocenters. The Balaban J connectivity index is 2.63. The lowest BCUT2D eigenvalue weighted by Gasteiger charge is -2.21. The van der Waals surface area contributed by atoms with E-state index in [9.17, 15) is 9.90 Å². The van der Waals surface area contributed by atoms with Gasteiger partial charge >= 0.3 is 6.03 Å². The molecule has 0 bridgehead atoms. The molecular weight excluding hydrogens is 260 g/mol. The number of carbonyl (C=O) groups is 1. The Hall–Kier alpha value is -1.07. The van der Waals surface area contributed by atoms with Gasteiger partial charge in [-0.3, -0.25) is 0 Å². The van der Waals surface area contributed by atoms with E-state index >= 15 is 0 Å². The molecule has 2 unspecified atom stereocenters. The van der Waals surface area contributed by atoms with E-state index in [1.807, 2.05) is 6.92 Å². The summed E-state index contributed by atoms with van der Waals surface area (Å²) in [4.78, 5) is 16.0. The Morgan fingerprint density at radius 2 is 2.16 bits per heavy atom. The van der Waals surface area contributed by atoms with Gasteiger partial charge in [0.05, 0.1) is 12.1 Å². The number of thiophene rings is 1. The van der Waals surface area contributed by atoms with Crippen molar-refractivity contribution >= 4 is 17.4 Å². The third kappa shape index (κ3) is 4.51. The van der Waals surface area contributed by atoms with Gasteiger partial charge in [0, 0.05) is 23.3 Å². The molecule has 0 aliphatic rings. The third-order valence-corrected chi connectivity index (χ3v) is 4.58. The molecule has 5 heteroatoms. The van der Waals surface area contributed by atoms with Gasteiger partial charge in [0.15, 0.2) is 0 Å². The van der Waals surface area contributed by atoms with Gasteiger partial charge in [0.25, 0.3) is 0 Å². The van der Waals surface area contributed by atoms with Crippen molar-refractivity contribution in [1.82, 2.24) is 10.2 Å². The molecule has 0 radical (unpaired) electrons. The first-order valence-electron chi connectivity index (χ1n) is 6.64. The van der Waals surface area contributed by atoms with Gasteiger partial charge in [0.2, 0.25) is 0 Å². The highest BCUT2D eigenvalue weighted by molar-refractivity contribution is 7.12. The lowest BCUT2D eigenvalue weighted by molar-refractivity contribution is 0.142. The fourth-order valence-corrected chi connectivity index (χ4v) is 3.08. The number of aliphatic hydroxyl groups is 1. The number of hydrogen-bond donors (Lipinski definition) is 2. The van der Waals surface area contributed by atoms with E-state index < -0.39 is 6.10 Å². The summed E-state index contributed by atoms with van der Waals surface area (Å²) >= 11 is 1.75. The molecule has 0 saturated carbocycles. The van der Waals surface area contributed by atoms with Crippen LogP contribution in [0.15, 0.2) is 6.07 Å². The van der Waals surface area contributed by atoms with E-state index in [4.69, 9.17) is 0 Å². The zero-order valence-corrected chi connectivity index (χ0v) is 13.2. The van der Waals surface area contributed by atoms with Crippen molar-refractivity contribution in [2.45, 2.75) is 46.3 Å². The van der Waals surface area contributed by atoms with Crippen LogP contribution in [0, 0.1) is 6.92 Å².